The van der Waals surface area contributed by atoms with Gasteiger partial charge < -0.3 is 14.8 Å². The molecule has 0 saturated heterocycles. The highest BCUT2D eigenvalue weighted by molar-refractivity contribution is 5.85. The molecule has 0 amide bonds. The Labute approximate surface area is 147 Å². The summed E-state index contributed by atoms with van der Waals surface area (Å²) in [5.74, 6) is 1.71. The summed E-state index contributed by atoms with van der Waals surface area (Å²) in [6, 6.07) is 6.96. The summed E-state index contributed by atoms with van der Waals surface area (Å²) in [6.07, 6.45) is 9.58. The standard InChI is InChI=1S/C19H31NO2.ClH/c1-3-21-18-13-12-16(14-19(18)22-4-2)15-20-17-10-8-6-5-7-9-11-17;/h12-14,17,20H,3-11,15H2,1-2H3;1H. The lowest BCUT2D eigenvalue weighted by atomic mass is 9.96. The van der Waals surface area contributed by atoms with E-state index in [9.17, 15) is 0 Å². The molecular formula is C19H32ClNO2. The van der Waals surface area contributed by atoms with Crippen molar-refractivity contribution in [2.45, 2.75) is 71.4 Å². The molecule has 0 unspecified atom stereocenters. The second kappa shape index (κ2) is 11.6. The van der Waals surface area contributed by atoms with Gasteiger partial charge in [-0.3, -0.25) is 0 Å². The predicted octanol–water partition coefficient (Wildman–Crippen LogP) is 5.11. The number of halogens is 1. The van der Waals surface area contributed by atoms with Crippen LogP contribution in [0.1, 0.15) is 64.4 Å². The molecule has 0 atom stereocenters. The van der Waals surface area contributed by atoms with Crippen molar-refractivity contribution >= 4 is 12.4 Å². The highest BCUT2D eigenvalue weighted by atomic mass is 35.5. The van der Waals surface area contributed by atoms with Crippen molar-refractivity contribution in [2.75, 3.05) is 13.2 Å². The van der Waals surface area contributed by atoms with Crippen molar-refractivity contribution in [1.82, 2.24) is 5.32 Å². The van der Waals surface area contributed by atoms with Gasteiger partial charge in [0.2, 0.25) is 0 Å². The van der Waals surface area contributed by atoms with Gasteiger partial charge in [-0.05, 0) is 44.4 Å². The second-order valence-corrected chi connectivity index (χ2v) is 6.07. The number of hydrogen-bond donors (Lipinski definition) is 1. The quantitative estimate of drug-likeness (QED) is 0.747. The first-order valence-electron chi connectivity index (χ1n) is 8.95. The van der Waals surface area contributed by atoms with Crippen LogP contribution in [-0.4, -0.2) is 19.3 Å². The first kappa shape index (κ1) is 20.1. The largest absolute Gasteiger partial charge is 0.490 e. The highest BCUT2D eigenvalue weighted by Gasteiger charge is 2.11. The number of ether oxygens (including phenoxy) is 2. The molecule has 1 fully saturated rings. The monoisotopic (exact) mass is 341 g/mol. The average Bonchev–Trinajstić information content (AvgIpc) is 2.49. The van der Waals surface area contributed by atoms with Gasteiger partial charge in [0.25, 0.3) is 0 Å². The minimum Gasteiger partial charge on any atom is -0.490 e. The van der Waals surface area contributed by atoms with Crippen LogP contribution in [0.15, 0.2) is 18.2 Å². The molecule has 0 spiro atoms. The van der Waals surface area contributed by atoms with Crippen molar-refractivity contribution in [1.29, 1.82) is 0 Å². The van der Waals surface area contributed by atoms with E-state index in [-0.39, 0.29) is 12.4 Å². The Morgan fingerprint density at radius 2 is 1.52 bits per heavy atom. The van der Waals surface area contributed by atoms with Crippen LogP contribution in [-0.2, 0) is 6.54 Å². The molecule has 0 aliphatic heterocycles. The fourth-order valence-corrected chi connectivity index (χ4v) is 3.13. The highest BCUT2D eigenvalue weighted by Crippen LogP contribution is 2.28. The molecule has 0 bridgehead atoms. The van der Waals surface area contributed by atoms with Gasteiger partial charge in [-0.1, -0.05) is 38.2 Å². The van der Waals surface area contributed by atoms with Crippen LogP contribution in [0.25, 0.3) is 0 Å². The molecule has 23 heavy (non-hydrogen) atoms. The Hall–Kier alpha value is -0.930. The number of rotatable bonds is 7. The minimum atomic E-state index is 0. The maximum Gasteiger partial charge on any atom is 0.161 e. The zero-order valence-electron chi connectivity index (χ0n) is 14.6. The SMILES string of the molecule is CCOc1ccc(CNC2CCCCCCC2)cc1OCC.Cl. The molecule has 1 aromatic rings. The fourth-order valence-electron chi connectivity index (χ4n) is 3.13. The molecule has 1 aliphatic rings. The van der Waals surface area contributed by atoms with Gasteiger partial charge in [0.05, 0.1) is 13.2 Å². The van der Waals surface area contributed by atoms with E-state index >= 15 is 0 Å². The topological polar surface area (TPSA) is 30.5 Å². The Bertz CT molecular complexity index is 431. The van der Waals surface area contributed by atoms with Gasteiger partial charge >= 0.3 is 0 Å². The van der Waals surface area contributed by atoms with Crippen molar-refractivity contribution in [2.24, 2.45) is 0 Å². The number of hydrogen-bond acceptors (Lipinski definition) is 3. The van der Waals surface area contributed by atoms with Crippen molar-refractivity contribution < 1.29 is 9.47 Å². The first-order chi connectivity index (χ1) is 10.8. The first-order valence-corrected chi connectivity index (χ1v) is 8.95. The van der Waals surface area contributed by atoms with Crippen molar-refractivity contribution in [3.8, 4) is 11.5 Å². The molecular weight excluding hydrogens is 310 g/mol. The van der Waals surface area contributed by atoms with E-state index in [2.05, 4.69) is 17.4 Å². The Kier molecular flexibility index (Phi) is 10.1. The molecule has 0 heterocycles. The molecule has 132 valence electrons. The Morgan fingerprint density at radius 1 is 0.913 bits per heavy atom. The number of benzene rings is 1. The van der Waals surface area contributed by atoms with E-state index in [1.54, 1.807) is 0 Å². The van der Waals surface area contributed by atoms with E-state index in [1.807, 2.05) is 19.9 Å². The van der Waals surface area contributed by atoms with Crippen LogP contribution in [0.3, 0.4) is 0 Å². The zero-order chi connectivity index (χ0) is 15.6. The third kappa shape index (κ3) is 7.01. The van der Waals surface area contributed by atoms with E-state index in [0.717, 1.165) is 18.0 Å². The van der Waals surface area contributed by atoms with Gasteiger partial charge in [-0.25, -0.2) is 0 Å². The third-order valence-electron chi connectivity index (χ3n) is 4.31. The van der Waals surface area contributed by atoms with Gasteiger partial charge in [0, 0.05) is 12.6 Å². The molecule has 0 radical (unpaired) electrons. The predicted molar refractivity (Wildman–Crippen MR) is 99.0 cm³/mol. The summed E-state index contributed by atoms with van der Waals surface area (Å²) in [5, 5.41) is 3.73. The average molecular weight is 342 g/mol. The van der Waals surface area contributed by atoms with Gasteiger partial charge in [-0.15, -0.1) is 12.4 Å². The zero-order valence-corrected chi connectivity index (χ0v) is 15.4. The van der Waals surface area contributed by atoms with Crippen LogP contribution < -0.4 is 14.8 Å². The fraction of sp³-hybridized carbons (Fsp3) is 0.684. The van der Waals surface area contributed by atoms with Crippen molar-refractivity contribution in [3.63, 3.8) is 0 Å². The number of nitrogens with one attached hydrogen (secondary N) is 1. The van der Waals surface area contributed by atoms with Crippen LogP contribution in [0.4, 0.5) is 0 Å². The van der Waals surface area contributed by atoms with Crippen LogP contribution in [0.2, 0.25) is 0 Å². The molecule has 1 N–H and O–H groups in total. The maximum absolute atomic E-state index is 5.71. The molecule has 0 aromatic heterocycles. The molecule has 1 aromatic carbocycles. The van der Waals surface area contributed by atoms with Gasteiger partial charge in [-0.2, -0.15) is 0 Å². The summed E-state index contributed by atoms with van der Waals surface area (Å²) < 4.78 is 11.3. The maximum atomic E-state index is 5.71. The minimum absolute atomic E-state index is 0. The Morgan fingerprint density at radius 3 is 2.17 bits per heavy atom. The molecule has 3 nitrogen and oxygen atoms in total. The van der Waals surface area contributed by atoms with Crippen LogP contribution in [0.5, 0.6) is 11.5 Å². The van der Waals surface area contributed by atoms with E-state index in [4.69, 9.17) is 9.47 Å². The summed E-state index contributed by atoms with van der Waals surface area (Å²) >= 11 is 0. The molecule has 1 saturated carbocycles. The van der Waals surface area contributed by atoms with Crippen molar-refractivity contribution in [3.05, 3.63) is 23.8 Å². The van der Waals surface area contributed by atoms with Gasteiger partial charge in [0.15, 0.2) is 11.5 Å². The van der Waals surface area contributed by atoms with E-state index in [1.165, 1.54) is 50.5 Å². The smallest absolute Gasteiger partial charge is 0.161 e. The lowest BCUT2D eigenvalue weighted by Crippen LogP contribution is -2.29. The third-order valence-corrected chi connectivity index (χ3v) is 4.31. The van der Waals surface area contributed by atoms with E-state index in [0.29, 0.717) is 19.3 Å². The van der Waals surface area contributed by atoms with E-state index < -0.39 is 0 Å². The lowest BCUT2D eigenvalue weighted by Gasteiger charge is -2.21. The molecule has 1 aliphatic carbocycles. The van der Waals surface area contributed by atoms with Crippen LogP contribution >= 0.6 is 12.4 Å². The van der Waals surface area contributed by atoms with Crippen LogP contribution in [0, 0.1) is 0 Å². The summed E-state index contributed by atoms with van der Waals surface area (Å²) in [4.78, 5) is 0. The second-order valence-electron chi connectivity index (χ2n) is 6.07. The molecule has 2 rings (SSSR count). The normalized spacial score (nSPS) is 16.1. The summed E-state index contributed by atoms with van der Waals surface area (Å²) in [5.41, 5.74) is 1.27. The summed E-state index contributed by atoms with van der Waals surface area (Å²) in [7, 11) is 0. The van der Waals surface area contributed by atoms with Gasteiger partial charge in [0.1, 0.15) is 0 Å². The molecule has 4 heteroatoms. The Balaban J connectivity index is 0.00000264. The lowest BCUT2D eigenvalue weighted by molar-refractivity contribution is 0.287. The summed E-state index contributed by atoms with van der Waals surface area (Å²) in [6.45, 7) is 6.26.